The van der Waals surface area contributed by atoms with E-state index in [1.165, 1.54) is 17.6 Å². The van der Waals surface area contributed by atoms with Gasteiger partial charge in [-0.3, -0.25) is 4.98 Å². The van der Waals surface area contributed by atoms with Crippen LogP contribution in [0.1, 0.15) is 17.7 Å². The van der Waals surface area contributed by atoms with Gasteiger partial charge >= 0.3 is 0 Å². The van der Waals surface area contributed by atoms with Gasteiger partial charge in [0.05, 0.1) is 12.8 Å². The van der Waals surface area contributed by atoms with Crippen LogP contribution in [0.5, 0.6) is 5.75 Å². The number of hydrogen-bond acceptors (Lipinski definition) is 3. The SMILES string of the molecule is COc1cc(C2=CC[C@H]3CN[C@@H]23)cnc1C. The highest BCUT2D eigenvalue weighted by molar-refractivity contribution is 5.73. The number of pyridine rings is 1. The second-order valence-corrected chi connectivity index (χ2v) is 4.55. The lowest BCUT2D eigenvalue weighted by molar-refractivity contribution is 0.306. The molecule has 1 aromatic rings. The Morgan fingerprint density at radius 1 is 1.50 bits per heavy atom. The van der Waals surface area contributed by atoms with Crippen molar-refractivity contribution in [2.75, 3.05) is 13.7 Å². The lowest BCUT2D eigenvalue weighted by atomic mass is 9.89. The summed E-state index contributed by atoms with van der Waals surface area (Å²) in [4.78, 5) is 4.38. The van der Waals surface area contributed by atoms with Gasteiger partial charge in [-0.05, 0) is 30.9 Å². The number of rotatable bonds is 2. The maximum Gasteiger partial charge on any atom is 0.140 e. The van der Waals surface area contributed by atoms with E-state index >= 15 is 0 Å². The van der Waals surface area contributed by atoms with Crippen LogP contribution < -0.4 is 10.1 Å². The largest absolute Gasteiger partial charge is 0.495 e. The van der Waals surface area contributed by atoms with Crippen molar-refractivity contribution >= 4 is 5.57 Å². The van der Waals surface area contributed by atoms with Gasteiger partial charge in [0.25, 0.3) is 0 Å². The van der Waals surface area contributed by atoms with E-state index < -0.39 is 0 Å². The number of nitrogens with one attached hydrogen (secondary N) is 1. The van der Waals surface area contributed by atoms with Gasteiger partial charge < -0.3 is 10.1 Å². The summed E-state index contributed by atoms with van der Waals surface area (Å²) < 4.78 is 5.32. The molecule has 0 unspecified atom stereocenters. The molecular weight excluding hydrogens is 200 g/mol. The summed E-state index contributed by atoms with van der Waals surface area (Å²) in [5.74, 6) is 1.68. The molecule has 1 saturated heterocycles. The average molecular weight is 216 g/mol. The molecule has 1 aliphatic heterocycles. The second-order valence-electron chi connectivity index (χ2n) is 4.55. The second kappa shape index (κ2) is 3.59. The van der Waals surface area contributed by atoms with Gasteiger partial charge in [0.2, 0.25) is 0 Å². The zero-order valence-corrected chi connectivity index (χ0v) is 9.66. The Bertz CT molecular complexity index is 453. The van der Waals surface area contributed by atoms with E-state index in [-0.39, 0.29) is 0 Å². The average Bonchev–Trinajstić information content (AvgIpc) is 2.54. The standard InChI is InChI=1S/C13H16N2O/c1-8-12(16-2)5-10(7-14-8)11-4-3-9-6-15-13(9)11/h4-5,7,9,13,15H,3,6H2,1-2H3/t9-,13+/m0/s1. The summed E-state index contributed by atoms with van der Waals surface area (Å²) in [6.45, 7) is 3.12. The molecule has 0 spiro atoms. The first-order valence-electron chi connectivity index (χ1n) is 5.74. The van der Waals surface area contributed by atoms with Crippen molar-refractivity contribution in [2.24, 2.45) is 5.92 Å². The van der Waals surface area contributed by atoms with Crippen molar-refractivity contribution < 1.29 is 4.74 Å². The van der Waals surface area contributed by atoms with Gasteiger partial charge in [-0.1, -0.05) is 6.08 Å². The molecule has 1 N–H and O–H groups in total. The molecule has 0 aromatic carbocycles. The molecule has 84 valence electrons. The Hall–Kier alpha value is -1.35. The van der Waals surface area contributed by atoms with Crippen molar-refractivity contribution in [3.8, 4) is 5.75 Å². The van der Waals surface area contributed by atoms with Crippen molar-refractivity contribution in [1.82, 2.24) is 10.3 Å². The lowest BCUT2D eigenvalue weighted by Crippen LogP contribution is -2.50. The lowest BCUT2D eigenvalue weighted by Gasteiger charge is -2.34. The van der Waals surface area contributed by atoms with E-state index in [0.29, 0.717) is 6.04 Å². The number of aromatic nitrogens is 1. The molecule has 2 aliphatic rings. The molecule has 2 atom stereocenters. The number of ether oxygens (including phenoxy) is 1. The van der Waals surface area contributed by atoms with E-state index in [1.807, 2.05) is 13.1 Å². The van der Waals surface area contributed by atoms with E-state index in [2.05, 4.69) is 22.4 Å². The zero-order valence-electron chi connectivity index (χ0n) is 9.66. The highest BCUT2D eigenvalue weighted by Gasteiger charge is 2.37. The van der Waals surface area contributed by atoms with Crippen LogP contribution in [-0.4, -0.2) is 24.7 Å². The summed E-state index contributed by atoms with van der Waals surface area (Å²) in [5, 5.41) is 3.47. The first-order chi connectivity index (χ1) is 7.79. The summed E-state index contributed by atoms with van der Waals surface area (Å²) in [6, 6.07) is 2.64. The van der Waals surface area contributed by atoms with Crippen LogP contribution in [0.25, 0.3) is 5.57 Å². The molecule has 0 amide bonds. The number of allylic oxidation sites excluding steroid dienone is 1. The van der Waals surface area contributed by atoms with Crippen LogP contribution in [0, 0.1) is 12.8 Å². The minimum absolute atomic E-state index is 0.550. The highest BCUT2D eigenvalue weighted by atomic mass is 16.5. The number of fused-ring (bicyclic) bond motifs is 1. The number of hydrogen-bond donors (Lipinski definition) is 1. The van der Waals surface area contributed by atoms with E-state index in [0.717, 1.165) is 23.9 Å². The molecule has 16 heavy (non-hydrogen) atoms. The Balaban J connectivity index is 1.95. The fourth-order valence-electron chi connectivity index (χ4n) is 2.57. The number of aryl methyl sites for hydroxylation is 1. The van der Waals surface area contributed by atoms with Gasteiger partial charge in [-0.15, -0.1) is 0 Å². The maximum atomic E-state index is 5.32. The number of nitrogens with zero attached hydrogens (tertiary/aromatic N) is 1. The third kappa shape index (κ3) is 1.35. The van der Waals surface area contributed by atoms with Crippen molar-refractivity contribution in [2.45, 2.75) is 19.4 Å². The third-order valence-electron chi connectivity index (χ3n) is 3.64. The first kappa shape index (κ1) is 9.85. The predicted molar refractivity (Wildman–Crippen MR) is 63.4 cm³/mol. The van der Waals surface area contributed by atoms with E-state index in [4.69, 9.17) is 4.74 Å². The zero-order chi connectivity index (χ0) is 11.1. The molecule has 3 heteroatoms. The monoisotopic (exact) mass is 216 g/mol. The molecule has 1 fully saturated rings. The van der Waals surface area contributed by atoms with E-state index in [1.54, 1.807) is 7.11 Å². The van der Waals surface area contributed by atoms with Gasteiger partial charge in [0.15, 0.2) is 0 Å². The normalized spacial score (nSPS) is 27.0. The van der Waals surface area contributed by atoms with Crippen LogP contribution in [0.4, 0.5) is 0 Å². The third-order valence-corrected chi connectivity index (χ3v) is 3.64. The van der Waals surface area contributed by atoms with Crippen LogP contribution >= 0.6 is 0 Å². The fourth-order valence-corrected chi connectivity index (χ4v) is 2.57. The molecule has 2 heterocycles. The predicted octanol–water partition coefficient (Wildman–Crippen LogP) is 1.77. The first-order valence-corrected chi connectivity index (χ1v) is 5.74. The summed E-state index contributed by atoms with van der Waals surface area (Å²) in [7, 11) is 1.70. The van der Waals surface area contributed by atoms with Crippen LogP contribution in [0.3, 0.4) is 0 Å². The van der Waals surface area contributed by atoms with Crippen LogP contribution in [0.15, 0.2) is 18.3 Å². The van der Waals surface area contributed by atoms with Crippen molar-refractivity contribution in [3.05, 3.63) is 29.6 Å². The fraction of sp³-hybridized carbons (Fsp3) is 0.462. The molecule has 1 aliphatic carbocycles. The van der Waals surface area contributed by atoms with Gasteiger partial charge in [0, 0.05) is 24.3 Å². The summed E-state index contributed by atoms with van der Waals surface area (Å²) in [5.41, 5.74) is 3.53. The van der Waals surface area contributed by atoms with E-state index in [9.17, 15) is 0 Å². The minimum atomic E-state index is 0.550. The van der Waals surface area contributed by atoms with Gasteiger partial charge in [-0.25, -0.2) is 0 Å². The minimum Gasteiger partial charge on any atom is -0.495 e. The molecule has 1 aromatic heterocycles. The molecule has 3 nitrogen and oxygen atoms in total. The molecule has 0 bridgehead atoms. The van der Waals surface area contributed by atoms with Gasteiger partial charge in [-0.2, -0.15) is 0 Å². The van der Waals surface area contributed by atoms with Crippen LogP contribution in [-0.2, 0) is 0 Å². The summed E-state index contributed by atoms with van der Waals surface area (Å²) >= 11 is 0. The van der Waals surface area contributed by atoms with Gasteiger partial charge in [0.1, 0.15) is 5.75 Å². The Labute approximate surface area is 95.5 Å². The smallest absolute Gasteiger partial charge is 0.140 e. The molecular formula is C13H16N2O. The van der Waals surface area contributed by atoms with Crippen molar-refractivity contribution in [1.29, 1.82) is 0 Å². The molecule has 3 rings (SSSR count). The summed E-state index contributed by atoms with van der Waals surface area (Å²) in [6.07, 6.45) is 5.48. The van der Waals surface area contributed by atoms with Crippen LogP contribution in [0.2, 0.25) is 0 Å². The highest BCUT2D eigenvalue weighted by Crippen LogP contribution is 2.38. The topological polar surface area (TPSA) is 34.1 Å². The Morgan fingerprint density at radius 3 is 3.00 bits per heavy atom. The maximum absolute atomic E-state index is 5.32. The molecule has 0 saturated carbocycles. The molecule has 0 radical (unpaired) electrons. The Kier molecular flexibility index (Phi) is 2.21. The quantitative estimate of drug-likeness (QED) is 0.818. The Morgan fingerprint density at radius 2 is 2.38 bits per heavy atom. The number of methoxy groups -OCH3 is 1. The van der Waals surface area contributed by atoms with Crippen molar-refractivity contribution in [3.63, 3.8) is 0 Å².